The molecule has 18 heteroatoms. The second-order valence-corrected chi connectivity index (χ2v) is 17.3. The molecule has 2 atom stereocenters. The van der Waals surface area contributed by atoms with Gasteiger partial charge in [-0.2, -0.15) is 0 Å². The number of aromatic nitrogens is 2. The van der Waals surface area contributed by atoms with E-state index in [1.807, 2.05) is 24.3 Å². The van der Waals surface area contributed by atoms with E-state index in [4.69, 9.17) is 14.3 Å². The van der Waals surface area contributed by atoms with Crippen molar-refractivity contribution in [1.82, 2.24) is 29.8 Å². The van der Waals surface area contributed by atoms with Crippen molar-refractivity contribution in [1.29, 1.82) is 0 Å². The van der Waals surface area contributed by atoms with Gasteiger partial charge in [0.2, 0.25) is 5.91 Å². The molecule has 0 saturated carbocycles. The molecular formula is C41H50N9O8P. The average Bonchev–Trinajstić information content (AvgIpc) is 3.49. The highest BCUT2D eigenvalue weighted by molar-refractivity contribution is 7.39. The first-order chi connectivity index (χ1) is 28.6. The summed E-state index contributed by atoms with van der Waals surface area (Å²) in [5, 5.41) is 22.7. The van der Waals surface area contributed by atoms with Crippen LogP contribution in [0, 0.1) is 11.8 Å². The normalized spacial score (nSPS) is 23.5. The maximum Gasteiger partial charge on any atom is 0.328 e. The van der Waals surface area contributed by atoms with Crippen molar-refractivity contribution in [3.8, 4) is 17.0 Å². The number of nitrogens with one attached hydrogen (secondary N) is 1. The van der Waals surface area contributed by atoms with Crippen LogP contribution >= 0.6 is 8.60 Å². The summed E-state index contributed by atoms with van der Waals surface area (Å²) >= 11 is 0. The molecule has 4 fully saturated rings. The Morgan fingerprint density at radius 1 is 0.780 bits per heavy atom. The monoisotopic (exact) mass is 827 g/mol. The van der Waals surface area contributed by atoms with Gasteiger partial charge in [0.25, 0.3) is 17.7 Å². The van der Waals surface area contributed by atoms with E-state index in [0.29, 0.717) is 29.1 Å². The molecule has 6 aliphatic rings. The SMILES string of the molecule is O=C1CCC(N2C(=O)c3ccc(N4CCC(CN5CCC(CN6CCN7c8cc(-c9ccccc9O)nnc8NCC7C6)CC5)CC4)cc3C2=O)C(=O)N1COP(O)O. The number of nitrogens with zero attached hydrogens (tertiary/aromatic N) is 8. The van der Waals surface area contributed by atoms with Gasteiger partial charge in [0, 0.05) is 70.0 Å². The number of hydrogen-bond donors (Lipinski definition) is 4. The Morgan fingerprint density at radius 3 is 2.27 bits per heavy atom. The number of phenolic OH excluding ortho intramolecular Hbond substituents is 1. The Labute approximate surface area is 343 Å². The number of amides is 4. The maximum atomic E-state index is 13.6. The third kappa shape index (κ3) is 7.99. The molecule has 6 aliphatic heterocycles. The van der Waals surface area contributed by atoms with Gasteiger partial charge in [-0.1, -0.05) is 12.1 Å². The van der Waals surface area contributed by atoms with Crippen molar-refractivity contribution in [3.05, 3.63) is 59.7 Å². The van der Waals surface area contributed by atoms with Crippen LogP contribution in [0.5, 0.6) is 5.75 Å². The molecule has 0 aliphatic carbocycles. The van der Waals surface area contributed by atoms with Crippen molar-refractivity contribution in [2.75, 3.05) is 87.3 Å². The molecule has 4 amide bonds. The van der Waals surface area contributed by atoms with Gasteiger partial charge in [-0.3, -0.25) is 38.4 Å². The van der Waals surface area contributed by atoms with Gasteiger partial charge in [0.05, 0.1) is 28.6 Å². The Kier molecular flexibility index (Phi) is 11.2. The second-order valence-electron chi connectivity index (χ2n) is 16.6. The molecule has 9 rings (SSSR count). The van der Waals surface area contributed by atoms with Gasteiger partial charge in [0.15, 0.2) is 5.82 Å². The van der Waals surface area contributed by atoms with Crippen molar-refractivity contribution in [2.24, 2.45) is 11.8 Å². The summed E-state index contributed by atoms with van der Waals surface area (Å²) in [6.07, 6.45) is 4.37. The van der Waals surface area contributed by atoms with Crippen molar-refractivity contribution < 1.29 is 38.6 Å². The van der Waals surface area contributed by atoms with Crippen LogP contribution in [0.4, 0.5) is 17.2 Å². The standard InChI is InChI=1S/C41H50N9O8P/c51-36-4-2-1-3-31(36)33-20-35-38(44-43-33)42-21-29-24-46(17-18-48(29)35)23-26-9-13-45(14-10-26)22-27-11-15-47(16-12-27)28-5-6-30-32(19-28)40(54)50(39(30)53)34-7-8-37(52)49(41(34)55)25-58-59(56)57/h1-6,19-20,26-27,29,34,51,56-57H,7-18,21-25H2,(H,42,44). The third-order valence-corrected chi connectivity index (χ3v) is 13.4. The number of likely N-dealkylation sites (tertiary alicyclic amines) is 2. The zero-order chi connectivity index (χ0) is 40.8. The lowest BCUT2D eigenvalue weighted by Gasteiger charge is -2.47. The molecule has 2 aromatic carbocycles. The zero-order valence-electron chi connectivity index (χ0n) is 32.9. The number of aromatic hydroxyl groups is 1. The number of rotatable bonds is 10. The number of imide groups is 2. The summed E-state index contributed by atoms with van der Waals surface area (Å²) in [6.45, 7) is 9.23. The molecule has 59 heavy (non-hydrogen) atoms. The highest BCUT2D eigenvalue weighted by atomic mass is 31.2. The van der Waals surface area contributed by atoms with E-state index >= 15 is 0 Å². The summed E-state index contributed by atoms with van der Waals surface area (Å²) in [5.74, 6) is -0.221. The van der Waals surface area contributed by atoms with E-state index in [2.05, 4.69) is 41.2 Å². The topological polar surface area (TPSA) is 195 Å². The number of phenols is 1. The Balaban J connectivity index is 0.729. The summed E-state index contributed by atoms with van der Waals surface area (Å²) < 4.78 is 4.70. The first-order valence-corrected chi connectivity index (χ1v) is 21.8. The van der Waals surface area contributed by atoms with Crippen LogP contribution < -0.4 is 15.1 Å². The van der Waals surface area contributed by atoms with E-state index in [9.17, 15) is 24.3 Å². The maximum absolute atomic E-state index is 13.6. The van der Waals surface area contributed by atoms with Gasteiger partial charge >= 0.3 is 8.60 Å². The number of fused-ring (bicyclic) bond motifs is 4. The number of piperazine rings is 1. The summed E-state index contributed by atoms with van der Waals surface area (Å²) in [7, 11) is -2.79. The number of carbonyl (C=O) groups is 4. The summed E-state index contributed by atoms with van der Waals surface area (Å²) in [6, 6.07) is 13.7. The number of benzene rings is 2. The first kappa shape index (κ1) is 39.7. The summed E-state index contributed by atoms with van der Waals surface area (Å²) in [4.78, 5) is 82.4. The first-order valence-electron chi connectivity index (χ1n) is 20.6. The van der Waals surface area contributed by atoms with Crippen LogP contribution in [-0.4, -0.2) is 153 Å². The number of piperidine rings is 3. The molecule has 4 saturated heterocycles. The smallest absolute Gasteiger partial charge is 0.328 e. The molecule has 1 aromatic heterocycles. The van der Waals surface area contributed by atoms with E-state index in [1.165, 1.54) is 12.8 Å². The molecule has 2 unspecified atom stereocenters. The third-order valence-electron chi connectivity index (χ3n) is 13.1. The molecular weight excluding hydrogens is 777 g/mol. The minimum atomic E-state index is -2.79. The predicted octanol–water partition coefficient (Wildman–Crippen LogP) is 2.69. The van der Waals surface area contributed by atoms with Crippen LogP contribution in [0.3, 0.4) is 0 Å². The summed E-state index contributed by atoms with van der Waals surface area (Å²) in [5.41, 5.74) is 3.76. The molecule has 4 N–H and O–H groups in total. The van der Waals surface area contributed by atoms with Gasteiger partial charge in [-0.25, -0.2) is 0 Å². The minimum Gasteiger partial charge on any atom is -0.507 e. The van der Waals surface area contributed by atoms with Crippen LogP contribution in [0.1, 0.15) is 59.2 Å². The number of para-hydroxylation sites is 1. The lowest BCUT2D eigenvalue weighted by Crippen LogP contribution is -2.58. The molecule has 0 bridgehead atoms. The predicted molar refractivity (Wildman–Crippen MR) is 218 cm³/mol. The fourth-order valence-electron chi connectivity index (χ4n) is 9.83. The Morgan fingerprint density at radius 2 is 1.51 bits per heavy atom. The van der Waals surface area contributed by atoms with E-state index < -0.39 is 45.0 Å². The molecule has 0 radical (unpaired) electrons. The number of hydrogen-bond acceptors (Lipinski definition) is 15. The zero-order valence-corrected chi connectivity index (χ0v) is 33.8. The highest BCUT2D eigenvalue weighted by Gasteiger charge is 2.47. The van der Waals surface area contributed by atoms with Crippen molar-refractivity contribution >= 4 is 49.4 Å². The minimum absolute atomic E-state index is 0.00212. The lowest BCUT2D eigenvalue weighted by atomic mass is 9.92. The molecule has 0 spiro atoms. The lowest BCUT2D eigenvalue weighted by molar-refractivity contribution is -0.155. The van der Waals surface area contributed by atoms with Gasteiger partial charge < -0.3 is 34.9 Å². The van der Waals surface area contributed by atoms with E-state index in [0.717, 1.165) is 105 Å². The number of carbonyl (C=O) groups excluding carboxylic acids is 4. The molecule has 312 valence electrons. The fourth-order valence-corrected chi connectivity index (χ4v) is 10.0. The molecule has 3 aromatic rings. The van der Waals surface area contributed by atoms with Gasteiger partial charge in [-0.15, -0.1) is 10.2 Å². The average molecular weight is 828 g/mol. The van der Waals surface area contributed by atoms with Crippen LogP contribution in [-0.2, 0) is 14.1 Å². The molecule has 17 nitrogen and oxygen atoms in total. The molecule has 7 heterocycles. The van der Waals surface area contributed by atoms with E-state index in [-0.39, 0.29) is 29.7 Å². The van der Waals surface area contributed by atoms with Crippen LogP contribution in [0.15, 0.2) is 48.5 Å². The number of anilines is 3. The van der Waals surface area contributed by atoms with E-state index in [1.54, 1.807) is 18.2 Å². The highest BCUT2D eigenvalue weighted by Crippen LogP contribution is 2.37. The Bertz CT molecular complexity index is 2110. The van der Waals surface area contributed by atoms with Crippen molar-refractivity contribution in [3.63, 3.8) is 0 Å². The largest absolute Gasteiger partial charge is 0.507 e. The van der Waals surface area contributed by atoms with Crippen LogP contribution in [0.2, 0.25) is 0 Å². The van der Waals surface area contributed by atoms with Crippen LogP contribution in [0.25, 0.3) is 11.3 Å². The quantitative estimate of drug-likeness (QED) is 0.172. The Hall–Kier alpha value is -4.77. The fraction of sp³-hybridized carbons (Fsp3) is 0.512. The van der Waals surface area contributed by atoms with Crippen molar-refractivity contribution in [2.45, 2.75) is 50.6 Å². The second kappa shape index (κ2) is 16.7. The van der Waals surface area contributed by atoms with Gasteiger partial charge in [-0.05, 0) is 93.4 Å². The van der Waals surface area contributed by atoms with Gasteiger partial charge in [0.1, 0.15) is 18.5 Å².